The number of halogens is 1. The zero-order valence-electron chi connectivity index (χ0n) is 10.1. The summed E-state index contributed by atoms with van der Waals surface area (Å²) in [6, 6.07) is 6.51. The van der Waals surface area contributed by atoms with Crippen LogP contribution in [0.5, 0.6) is 0 Å². The number of hydroxylamine groups is 2. The summed E-state index contributed by atoms with van der Waals surface area (Å²) >= 11 is 0. The Bertz CT molecular complexity index is 366. The van der Waals surface area contributed by atoms with Crippen LogP contribution in [0.3, 0.4) is 0 Å². The van der Waals surface area contributed by atoms with E-state index in [2.05, 4.69) is 0 Å². The molecule has 2 atom stereocenters. The first-order chi connectivity index (χ1) is 8.22. The number of hydrogen-bond acceptors (Lipinski definition) is 3. The fourth-order valence-corrected chi connectivity index (χ4v) is 2.23. The normalized spacial score (nSPS) is 20.4. The van der Waals surface area contributed by atoms with Crippen molar-refractivity contribution >= 4 is 0 Å². The molecule has 2 rings (SSSR count). The van der Waals surface area contributed by atoms with Gasteiger partial charge in [0.1, 0.15) is 5.82 Å². The van der Waals surface area contributed by atoms with Crippen molar-refractivity contribution in [3.8, 4) is 0 Å². The van der Waals surface area contributed by atoms with E-state index in [1.807, 2.05) is 18.1 Å². The Morgan fingerprint density at radius 2 is 2.35 bits per heavy atom. The summed E-state index contributed by atoms with van der Waals surface area (Å²) in [4.78, 5) is 5.56. The van der Waals surface area contributed by atoms with E-state index in [1.165, 1.54) is 6.07 Å². The van der Waals surface area contributed by atoms with Crippen molar-refractivity contribution in [2.24, 2.45) is 5.73 Å². The molecule has 3 nitrogen and oxygen atoms in total. The summed E-state index contributed by atoms with van der Waals surface area (Å²) in [5, 5.41) is 1.89. The van der Waals surface area contributed by atoms with Gasteiger partial charge in [-0.15, -0.1) is 0 Å². The Labute approximate surface area is 101 Å². The summed E-state index contributed by atoms with van der Waals surface area (Å²) in [6.07, 6.45) is 1.84. The minimum absolute atomic E-state index is 0.0464. The van der Waals surface area contributed by atoms with E-state index in [0.29, 0.717) is 0 Å². The predicted octanol–water partition coefficient (Wildman–Crippen LogP) is 2.24. The SMILES string of the molecule is CCC(N)C(c1cccc(F)c1)N1CCCO1. The Hall–Kier alpha value is -0.970. The lowest BCUT2D eigenvalue weighted by Crippen LogP contribution is -2.38. The van der Waals surface area contributed by atoms with E-state index in [0.717, 1.165) is 31.6 Å². The average molecular weight is 238 g/mol. The van der Waals surface area contributed by atoms with Crippen LogP contribution in [-0.2, 0) is 4.84 Å². The molecule has 0 aliphatic carbocycles. The van der Waals surface area contributed by atoms with Crippen molar-refractivity contribution in [1.29, 1.82) is 0 Å². The van der Waals surface area contributed by atoms with Crippen molar-refractivity contribution < 1.29 is 9.23 Å². The number of hydrogen-bond donors (Lipinski definition) is 1. The van der Waals surface area contributed by atoms with Gasteiger partial charge in [0.2, 0.25) is 0 Å². The topological polar surface area (TPSA) is 38.5 Å². The molecule has 1 aliphatic heterocycles. The number of benzene rings is 1. The van der Waals surface area contributed by atoms with E-state index in [1.54, 1.807) is 12.1 Å². The molecule has 0 amide bonds. The fourth-order valence-electron chi connectivity index (χ4n) is 2.23. The van der Waals surface area contributed by atoms with Crippen LogP contribution in [0.25, 0.3) is 0 Å². The quantitative estimate of drug-likeness (QED) is 0.874. The van der Waals surface area contributed by atoms with Gasteiger partial charge in [-0.1, -0.05) is 19.1 Å². The van der Waals surface area contributed by atoms with Crippen LogP contribution < -0.4 is 5.73 Å². The lowest BCUT2D eigenvalue weighted by molar-refractivity contribution is -0.148. The zero-order chi connectivity index (χ0) is 12.3. The summed E-state index contributed by atoms with van der Waals surface area (Å²) in [5.41, 5.74) is 7.03. The molecule has 2 unspecified atom stereocenters. The molecule has 0 saturated carbocycles. The largest absolute Gasteiger partial charge is 0.326 e. The van der Waals surface area contributed by atoms with Crippen LogP contribution in [-0.4, -0.2) is 24.3 Å². The molecule has 0 spiro atoms. The first-order valence-corrected chi connectivity index (χ1v) is 6.13. The maximum absolute atomic E-state index is 13.3. The Morgan fingerprint density at radius 3 is 2.94 bits per heavy atom. The third kappa shape index (κ3) is 2.83. The van der Waals surface area contributed by atoms with E-state index in [4.69, 9.17) is 10.6 Å². The molecule has 94 valence electrons. The van der Waals surface area contributed by atoms with Gasteiger partial charge in [0.05, 0.1) is 12.6 Å². The van der Waals surface area contributed by atoms with Gasteiger partial charge in [-0.25, -0.2) is 4.39 Å². The molecule has 17 heavy (non-hydrogen) atoms. The van der Waals surface area contributed by atoms with E-state index >= 15 is 0 Å². The highest BCUT2D eigenvalue weighted by atomic mass is 19.1. The van der Waals surface area contributed by atoms with E-state index < -0.39 is 0 Å². The number of nitrogens with two attached hydrogens (primary N) is 1. The molecule has 1 aromatic rings. The van der Waals surface area contributed by atoms with Crippen molar-refractivity contribution in [2.75, 3.05) is 13.2 Å². The smallest absolute Gasteiger partial charge is 0.123 e. The van der Waals surface area contributed by atoms with Crippen LogP contribution >= 0.6 is 0 Å². The van der Waals surface area contributed by atoms with E-state index in [9.17, 15) is 4.39 Å². The predicted molar refractivity (Wildman–Crippen MR) is 64.7 cm³/mol. The monoisotopic (exact) mass is 238 g/mol. The molecule has 1 heterocycles. The van der Waals surface area contributed by atoms with Gasteiger partial charge in [-0.3, -0.25) is 4.84 Å². The van der Waals surface area contributed by atoms with Gasteiger partial charge in [0.15, 0.2) is 0 Å². The van der Waals surface area contributed by atoms with Gasteiger partial charge in [0.25, 0.3) is 0 Å². The first kappa shape index (κ1) is 12.5. The average Bonchev–Trinajstić information content (AvgIpc) is 2.83. The van der Waals surface area contributed by atoms with Gasteiger partial charge >= 0.3 is 0 Å². The summed E-state index contributed by atoms with van der Waals surface area (Å²) < 4.78 is 13.3. The molecule has 0 aromatic heterocycles. The minimum Gasteiger partial charge on any atom is -0.326 e. The molecular weight excluding hydrogens is 219 g/mol. The fraction of sp³-hybridized carbons (Fsp3) is 0.538. The summed E-state index contributed by atoms with van der Waals surface area (Å²) in [6.45, 7) is 3.62. The highest BCUT2D eigenvalue weighted by molar-refractivity contribution is 5.21. The van der Waals surface area contributed by atoms with Gasteiger partial charge in [-0.05, 0) is 30.5 Å². The van der Waals surface area contributed by atoms with Crippen LogP contribution in [0.15, 0.2) is 24.3 Å². The number of nitrogens with zero attached hydrogens (tertiary/aromatic N) is 1. The summed E-state index contributed by atoms with van der Waals surface area (Å²) in [5.74, 6) is -0.227. The lowest BCUT2D eigenvalue weighted by Gasteiger charge is -2.30. The second-order valence-corrected chi connectivity index (χ2v) is 4.40. The summed E-state index contributed by atoms with van der Waals surface area (Å²) in [7, 11) is 0. The highest BCUT2D eigenvalue weighted by Crippen LogP contribution is 2.28. The Balaban J connectivity index is 2.25. The standard InChI is InChI=1S/C13H19FN2O/c1-2-12(15)13(16-7-4-8-17-16)10-5-3-6-11(14)9-10/h3,5-6,9,12-13H,2,4,7-8,15H2,1H3. The first-order valence-electron chi connectivity index (χ1n) is 6.13. The van der Waals surface area contributed by atoms with Crippen LogP contribution in [0.2, 0.25) is 0 Å². The zero-order valence-corrected chi connectivity index (χ0v) is 10.1. The third-order valence-electron chi connectivity index (χ3n) is 3.16. The highest BCUT2D eigenvalue weighted by Gasteiger charge is 2.29. The van der Waals surface area contributed by atoms with Crippen molar-refractivity contribution in [3.05, 3.63) is 35.6 Å². The van der Waals surface area contributed by atoms with Crippen molar-refractivity contribution in [2.45, 2.75) is 31.8 Å². The third-order valence-corrected chi connectivity index (χ3v) is 3.16. The lowest BCUT2D eigenvalue weighted by atomic mass is 9.97. The second kappa shape index (κ2) is 5.58. The minimum atomic E-state index is -0.227. The molecular formula is C13H19FN2O. The molecule has 1 fully saturated rings. The molecule has 0 bridgehead atoms. The van der Waals surface area contributed by atoms with Gasteiger partial charge in [-0.2, -0.15) is 5.06 Å². The maximum Gasteiger partial charge on any atom is 0.123 e. The molecule has 1 aliphatic rings. The Morgan fingerprint density at radius 1 is 1.53 bits per heavy atom. The van der Waals surface area contributed by atoms with Gasteiger partial charge < -0.3 is 5.73 Å². The Kier molecular flexibility index (Phi) is 4.10. The maximum atomic E-state index is 13.3. The molecule has 0 radical (unpaired) electrons. The van der Waals surface area contributed by atoms with E-state index in [-0.39, 0.29) is 17.9 Å². The molecule has 1 aromatic carbocycles. The number of rotatable bonds is 4. The molecule has 4 heteroatoms. The van der Waals surface area contributed by atoms with Crippen molar-refractivity contribution in [3.63, 3.8) is 0 Å². The molecule has 1 saturated heterocycles. The van der Waals surface area contributed by atoms with Crippen molar-refractivity contribution in [1.82, 2.24) is 5.06 Å². The van der Waals surface area contributed by atoms with Crippen LogP contribution in [0.1, 0.15) is 31.4 Å². The molecule has 2 N–H and O–H groups in total. The van der Waals surface area contributed by atoms with Crippen LogP contribution in [0.4, 0.5) is 4.39 Å². The van der Waals surface area contributed by atoms with Gasteiger partial charge in [0, 0.05) is 12.6 Å². The second-order valence-electron chi connectivity index (χ2n) is 4.40. The van der Waals surface area contributed by atoms with Crippen LogP contribution in [0, 0.1) is 5.82 Å².